The molecule has 0 aliphatic carbocycles. The Labute approximate surface area is 106 Å². The van der Waals surface area contributed by atoms with Crippen molar-refractivity contribution in [3.63, 3.8) is 0 Å². The second kappa shape index (κ2) is 6.68. The summed E-state index contributed by atoms with van der Waals surface area (Å²) in [5, 5.41) is 5.36. The van der Waals surface area contributed by atoms with Gasteiger partial charge in [0.15, 0.2) is 0 Å². The fraction of sp³-hybridized carbons (Fsp3) is 0.500. The van der Waals surface area contributed by atoms with Gasteiger partial charge >= 0.3 is 0 Å². The molecule has 1 aromatic heterocycles. The molecule has 6 nitrogen and oxygen atoms in total. The fourth-order valence-corrected chi connectivity index (χ4v) is 1.17. The highest BCUT2D eigenvalue weighted by atomic mass is 16.2. The van der Waals surface area contributed by atoms with Gasteiger partial charge in [0.1, 0.15) is 5.69 Å². The van der Waals surface area contributed by atoms with E-state index in [1.54, 1.807) is 6.92 Å². The van der Waals surface area contributed by atoms with Crippen LogP contribution in [0.25, 0.3) is 0 Å². The molecule has 1 aromatic rings. The van der Waals surface area contributed by atoms with Gasteiger partial charge in [-0.15, -0.1) is 0 Å². The quantitative estimate of drug-likeness (QED) is 0.735. The summed E-state index contributed by atoms with van der Waals surface area (Å²) in [7, 11) is 0. The van der Waals surface area contributed by atoms with Gasteiger partial charge in [-0.2, -0.15) is 0 Å². The number of rotatable bonds is 5. The summed E-state index contributed by atoms with van der Waals surface area (Å²) < 4.78 is 0. The molecule has 0 spiro atoms. The van der Waals surface area contributed by atoms with Crippen LogP contribution in [0.15, 0.2) is 12.4 Å². The minimum atomic E-state index is -0.290. The van der Waals surface area contributed by atoms with Crippen molar-refractivity contribution in [1.82, 2.24) is 20.6 Å². The van der Waals surface area contributed by atoms with E-state index in [4.69, 9.17) is 0 Å². The highest BCUT2D eigenvalue weighted by Gasteiger charge is 2.08. The molecule has 6 heteroatoms. The van der Waals surface area contributed by atoms with Gasteiger partial charge in [0.05, 0.1) is 11.9 Å². The van der Waals surface area contributed by atoms with Gasteiger partial charge in [-0.25, -0.2) is 4.98 Å². The van der Waals surface area contributed by atoms with E-state index in [1.807, 2.05) is 13.8 Å². The molecule has 0 bridgehead atoms. The van der Waals surface area contributed by atoms with Crippen LogP contribution in [-0.2, 0) is 4.79 Å². The summed E-state index contributed by atoms with van der Waals surface area (Å²) in [6.07, 6.45) is 2.97. The van der Waals surface area contributed by atoms with Crippen molar-refractivity contribution < 1.29 is 9.59 Å². The third-order valence-electron chi connectivity index (χ3n) is 2.25. The third kappa shape index (κ3) is 4.48. The third-order valence-corrected chi connectivity index (χ3v) is 2.25. The maximum atomic E-state index is 11.6. The van der Waals surface area contributed by atoms with Gasteiger partial charge in [0.2, 0.25) is 5.91 Å². The second-order valence-corrected chi connectivity index (χ2v) is 4.24. The normalized spacial score (nSPS) is 10.2. The Balaban J connectivity index is 2.29. The molecule has 98 valence electrons. The van der Waals surface area contributed by atoms with Crippen LogP contribution in [0.5, 0.6) is 0 Å². The average Bonchev–Trinajstić information content (AvgIpc) is 2.34. The van der Waals surface area contributed by atoms with E-state index in [1.165, 1.54) is 12.4 Å². The highest BCUT2D eigenvalue weighted by molar-refractivity contribution is 5.91. The Morgan fingerprint density at radius 3 is 2.39 bits per heavy atom. The van der Waals surface area contributed by atoms with Crippen molar-refractivity contribution in [3.05, 3.63) is 23.8 Å². The molecule has 0 unspecified atom stereocenters. The number of carbonyl (C=O) groups is 2. The lowest BCUT2D eigenvalue weighted by Gasteiger charge is -2.08. The SMILES string of the molecule is Cc1cnc(C(=O)NCCNC(=O)C(C)C)cn1. The molecule has 0 aliphatic rings. The van der Waals surface area contributed by atoms with Gasteiger partial charge in [0, 0.05) is 25.2 Å². The standard InChI is InChI=1S/C12H18N4O2/c1-8(2)11(17)13-4-5-14-12(18)10-7-15-9(3)6-16-10/h6-8H,4-5H2,1-3H3,(H,13,17)(H,14,18). The van der Waals surface area contributed by atoms with Gasteiger partial charge < -0.3 is 10.6 Å². The number of amides is 2. The van der Waals surface area contributed by atoms with Crippen LogP contribution in [-0.4, -0.2) is 34.9 Å². The van der Waals surface area contributed by atoms with E-state index < -0.39 is 0 Å². The van der Waals surface area contributed by atoms with E-state index in [0.717, 1.165) is 5.69 Å². The number of nitrogens with one attached hydrogen (secondary N) is 2. The first-order chi connectivity index (χ1) is 8.50. The molecule has 2 N–H and O–H groups in total. The lowest BCUT2D eigenvalue weighted by molar-refractivity contribution is -0.123. The number of hydrogen-bond donors (Lipinski definition) is 2. The van der Waals surface area contributed by atoms with Crippen LogP contribution < -0.4 is 10.6 Å². The molecule has 0 saturated carbocycles. The predicted octanol–water partition coefficient (Wildman–Crippen LogP) is 0.287. The minimum absolute atomic E-state index is 0.0284. The fourth-order valence-electron chi connectivity index (χ4n) is 1.17. The summed E-state index contributed by atoms with van der Waals surface area (Å²) >= 11 is 0. The summed E-state index contributed by atoms with van der Waals surface area (Å²) in [4.78, 5) is 30.8. The van der Waals surface area contributed by atoms with E-state index in [0.29, 0.717) is 13.1 Å². The molecule has 1 rings (SSSR count). The summed E-state index contributed by atoms with van der Waals surface area (Å²) in [5.41, 5.74) is 1.03. The molecule has 0 saturated heterocycles. The van der Waals surface area contributed by atoms with Crippen LogP contribution in [0.2, 0.25) is 0 Å². The maximum absolute atomic E-state index is 11.6. The van der Waals surface area contributed by atoms with E-state index in [-0.39, 0.29) is 23.4 Å². The number of hydrogen-bond acceptors (Lipinski definition) is 4. The second-order valence-electron chi connectivity index (χ2n) is 4.24. The molecule has 0 fully saturated rings. The number of nitrogens with zero attached hydrogens (tertiary/aromatic N) is 2. The highest BCUT2D eigenvalue weighted by Crippen LogP contribution is 1.93. The number of aromatic nitrogens is 2. The van der Waals surface area contributed by atoms with E-state index in [9.17, 15) is 9.59 Å². The molecule has 2 amide bonds. The van der Waals surface area contributed by atoms with Crippen molar-refractivity contribution in [2.24, 2.45) is 5.92 Å². The lowest BCUT2D eigenvalue weighted by Crippen LogP contribution is -2.36. The Morgan fingerprint density at radius 2 is 1.83 bits per heavy atom. The van der Waals surface area contributed by atoms with Crippen molar-refractivity contribution in [2.45, 2.75) is 20.8 Å². The molecular weight excluding hydrogens is 232 g/mol. The van der Waals surface area contributed by atoms with Crippen LogP contribution in [0.1, 0.15) is 30.0 Å². The zero-order valence-electron chi connectivity index (χ0n) is 10.9. The first kappa shape index (κ1) is 14.1. The Bertz CT molecular complexity index is 415. The summed E-state index contributed by atoms with van der Waals surface area (Å²) in [6, 6.07) is 0. The average molecular weight is 250 g/mol. The monoisotopic (exact) mass is 250 g/mol. The Morgan fingerprint density at radius 1 is 1.17 bits per heavy atom. The summed E-state index contributed by atoms with van der Waals surface area (Å²) in [5.74, 6) is -0.371. The lowest BCUT2D eigenvalue weighted by atomic mass is 10.2. The first-order valence-electron chi connectivity index (χ1n) is 5.85. The number of carbonyl (C=O) groups excluding carboxylic acids is 2. The largest absolute Gasteiger partial charge is 0.354 e. The van der Waals surface area contributed by atoms with E-state index >= 15 is 0 Å². The van der Waals surface area contributed by atoms with Crippen molar-refractivity contribution in [3.8, 4) is 0 Å². The topological polar surface area (TPSA) is 84.0 Å². The molecule has 0 aromatic carbocycles. The van der Waals surface area contributed by atoms with Crippen molar-refractivity contribution >= 4 is 11.8 Å². The predicted molar refractivity (Wildman–Crippen MR) is 66.9 cm³/mol. The number of aryl methyl sites for hydroxylation is 1. The van der Waals surface area contributed by atoms with Crippen LogP contribution >= 0.6 is 0 Å². The minimum Gasteiger partial charge on any atom is -0.354 e. The van der Waals surface area contributed by atoms with Gasteiger partial charge in [0.25, 0.3) is 5.91 Å². The smallest absolute Gasteiger partial charge is 0.271 e. The van der Waals surface area contributed by atoms with Crippen LogP contribution in [0.3, 0.4) is 0 Å². The zero-order valence-corrected chi connectivity index (χ0v) is 10.9. The van der Waals surface area contributed by atoms with Crippen LogP contribution in [0, 0.1) is 12.8 Å². The van der Waals surface area contributed by atoms with Crippen molar-refractivity contribution in [2.75, 3.05) is 13.1 Å². The van der Waals surface area contributed by atoms with Gasteiger partial charge in [-0.05, 0) is 6.92 Å². The van der Waals surface area contributed by atoms with Crippen molar-refractivity contribution in [1.29, 1.82) is 0 Å². The molecule has 0 radical (unpaired) electrons. The van der Waals surface area contributed by atoms with Gasteiger partial charge in [-0.3, -0.25) is 14.6 Å². The Hall–Kier alpha value is -1.98. The Kier molecular flexibility index (Phi) is 5.23. The zero-order chi connectivity index (χ0) is 13.5. The van der Waals surface area contributed by atoms with Crippen LogP contribution in [0.4, 0.5) is 0 Å². The maximum Gasteiger partial charge on any atom is 0.271 e. The molecular formula is C12H18N4O2. The molecule has 1 heterocycles. The van der Waals surface area contributed by atoms with Gasteiger partial charge in [-0.1, -0.05) is 13.8 Å². The molecule has 18 heavy (non-hydrogen) atoms. The first-order valence-corrected chi connectivity index (χ1v) is 5.85. The molecule has 0 aliphatic heterocycles. The summed E-state index contributed by atoms with van der Waals surface area (Å²) in [6.45, 7) is 6.20. The van der Waals surface area contributed by atoms with E-state index in [2.05, 4.69) is 20.6 Å². The molecule has 0 atom stereocenters.